The minimum Gasteiger partial charge on any atom is -0.468 e. The predicted octanol–water partition coefficient (Wildman–Crippen LogP) is 3.02. The Morgan fingerprint density at radius 3 is 2.60 bits per heavy atom. The van der Waals surface area contributed by atoms with Crippen molar-refractivity contribution < 1.29 is 31.1 Å². The van der Waals surface area contributed by atoms with E-state index in [4.69, 9.17) is 5.41 Å². The molecular formula is C16H14BrF3N4O4S2. The predicted molar refractivity (Wildman–Crippen MR) is 108 cm³/mol. The maximum absolute atomic E-state index is 13.0. The van der Waals surface area contributed by atoms with E-state index >= 15 is 0 Å². The summed E-state index contributed by atoms with van der Waals surface area (Å²) in [6.45, 7) is -0.496. The number of hydrogen-bond acceptors (Lipinski definition) is 9. The fraction of sp³-hybridized carbons (Fsp3) is 0.250. The Bertz CT molecular complexity index is 1110. The number of hydrogen-bond donors (Lipinski definition) is 2. The van der Waals surface area contributed by atoms with Crippen LogP contribution in [0.15, 0.2) is 33.6 Å². The number of carbonyl (C=O) groups is 1. The van der Waals surface area contributed by atoms with Crippen molar-refractivity contribution >= 4 is 54.7 Å². The highest BCUT2D eigenvalue weighted by molar-refractivity contribution is 9.12. The van der Waals surface area contributed by atoms with E-state index < -0.39 is 38.7 Å². The highest BCUT2D eigenvalue weighted by Crippen LogP contribution is 2.31. The topological polar surface area (TPSA) is 122 Å². The molecule has 0 unspecified atom stereocenters. The summed E-state index contributed by atoms with van der Waals surface area (Å²) in [5.74, 6) is -0.979. The standard InChI is InChI=1S/C16H14BrF3N4O4S2/c1-28-10(25)7-22-12(11(17)13(21)16(18,19)20)14-23-15(29-24-14)8-4-3-5-9(6-8)30(2,26)27/h3-6,21-22H,7H2,1-2H3/b12-11+,21-13?. The molecule has 30 heavy (non-hydrogen) atoms. The molecule has 0 saturated heterocycles. The van der Waals surface area contributed by atoms with E-state index in [0.29, 0.717) is 5.56 Å². The molecule has 2 rings (SSSR count). The van der Waals surface area contributed by atoms with Gasteiger partial charge in [-0.3, -0.25) is 10.2 Å². The summed E-state index contributed by atoms with van der Waals surface area (Å²) in [5.41, 5.74) is -1.66. The zero-order valence-corrected chi connectivity index (χ0v) is 18.6. The van der Waals surface area contributed by atoms with Crippen molar-refractivity contribution in [1.82, 2.24) is 14.7 Å². The van der Waals surface area contributed by atoms with E-state index in [-0.39, 0.29) is 21.4 Å². The number of benzene rings is 1. The molecule has 0 aliphatic carbocycles. The van der Waals surface area contributed by atoms with E-state index in [1.807, 2.05) is 0 Å². The first-order valence-corrected chi connectivity index (χ1v) is 11.3. The van der Waals surface area contributed by atoms with Crippen LogP contribution >= 0.6 is 27.5 Å². The van der Waals surface area contributed by atoms with Gasteiger partial charge in [0, 0.05) is 11.8 Å². The van der Waals surface area contributed by atoms with Crippen molar-refractivity contribution in [3.05, 3.63) is 34.6 Å². The van der Waals surface area contributed by atoms with Crippen molar-refractivity contribution in [2.24, 2.45) is 0 Å². The summed E-state index contributed by atoms with van der Waals surface area (Å²) in [6.07, 6.45) is -3.92. The summed E-state index contributed by atoms with van der Waals surface area (Å²) in [4.78, 5) is 15.6. The molecule has 0 aliphatic heterocycles. The number of rotatable bonds is 7. The summed E-state index contributed by atoms with van der Waals surface area (Å²) in [5, 5.41) is 9.99. The molecule has 0 radical (unpaired) electrons. The van der Waals surface area contributed by atoms with Crippen LogP contribution in [0.3, 0.4) is 0 Å². The first-order valence-electron chi connectivity index (χ1n) is 7.85. The van der Waals surface area contributed by atoms with Gasteiger partial charge in [0.1, 0.15) is 11.6 Å². The Labute approximate surface area is 181 Å². The number of alkyl halides is 3. The van der Waals surface area contributed by atoms with Gasteiger partial charge in [-0.1, -0.05) is 12.1 Å². The van der Waals surface area contributed by atoms with Crippen LogP contribution in [0.2, 0.25) is 0 Å². The smallest absolute Gasteiger partial charge is 0.433 e. The molecule has 1 aromatic carbocycles. The van der Waals surface area contributed by atoms with Crippen molar-refractivity contribution in [3.63, 3.8) is 0 Å². The number of halogens is 4. The number of nitrogens with one attached hydrogen (secondary N) is 2. The molecule has 162 valence electrons. The molecule has 0 bridgehead atoms. The van der Waals surface area contributed by atoms with E-state index in [1.54, 1.807) is 6.07 Å². The fourth-order valence-corrected chi connectivity index (χ4v) is 3.91. The summed E-state index contributed by atoms with van der Waals surface area (Å²) >= 11 is 3.53. The second-order valence-electron chi connectivity index (χ2n) is 5.71. The van der Waals surface area contributed by atoms with Crippen molar-refractivity contribution in [2.45, 2.75) is 11.1 Å². The molecule has 0 aliphatic rings. The maximum atomic E-state index is 13.0. The van der Waals surface area contributed by atoms with Gasteiger partial charge in [0.2, 0.25) is 0 Å². The van der Waals surface area contributed by atoms with Crippen molar-refractivity contribution in [3.8, 4) is 10.6 Å². The van der Waals surface area contributed by atoms with Gasteiger partial charge in [0.25, 0.3) is 0 Å². The highest BCUT2D eigenvalue weighted by atomic mass is 79.9. The molecule has 0 amide bonds. The third-order valence-electron chi connectivity index (χ3n) is 3.52. The zero-order chi connectivity index (χ0) is 22.7. The first-order chi connectivity index (χ1) is 13.8. The summed E-state index contributed by atoms with van der Waals surface area (Å²) in [6, 6.07) is 5.81. The lowest BCUT2D eigenvalue weighted by Crippen LogP contribution is -2.28. The molecule has 0 atom stereocenters. The average Bonchev–Trinajstić information content (AvgIpc) is 3.15. The maximum Gasteiger partial charge on any atom is 0.433 e. The van der Waals surface area contributed by atoms with E-state index in [1.165, 1.54) is 18.2 Å². The number of ether oxygens (including phenoxy) is 1. The molecule has 8 nitrogen and oxygen atoms in total. The largest absolute Gasteiger partial charge is 0.468 e. The number of aromatic nitrogens is 2. The Morgan fingerprint density at radius 2 is 2.03 bits per heavy atom. The minimum absolute atomic E-state index is 0.0383. The number of carbonyl (C=O) groups excluding carboxylic acids is 1. The molecule has 1 heterocycles. The van der Waals surface area contributed by atoms with Gasteiger partial charge in [-0.25, -0.2) is 13.4 Å². The van der Waals surface area contributed by atoms with Crippen LogP contribution in [-0.4, -0.2) is 55.5 Å². The second kappa shape index (κ2) is 9.22. The minimum atomic E-state index is -4.96. The van der Waals surface area contributed by atoms with Gasteiger partial charge < -0.3 is 10.1 Å². The lowest BCUT2D eigenvalue weighted by molar-refractivity contribution is -0.139. The number of esters is 1. The molecule has 14 heteroatoms. The Morgan fingerprint density at radius 1 is 1.37 bits per heavy atom. The van der Waals surface area contributed by atoms with Crippen LogP contribution in [0.1, 0.15) is 5.82 Å². The summed E-state index contributed by atoms with van der Waals surface area (Å²) in [7, 11) is -2.38. The highest BCUT2D eigenvalue weighted by Gasteiger charge is 2.38. The summed E-state index contributed by atoms with van der Waals surface area (Å²) < 4.78 is 70.1. The van der Waals surface area contributed by atoms with Gasteiger partial charge in [-0.15, -0.1) is 0 Å². The van der Waals surface area contributed by atoms with E-state index in [2.05, 4.69) is 35.3 Å². The van der Waals surface area contributed by atoms with Gasteiger partial charge in [0.15, 0.2) is 21.4 Å². The Hall–Kier alpha value is -2.32. The van der Waals surface area contributed by atoms with Gasteiger partial charge in [-0.2, -0.15) is 17.5 Å². The Balaban J connectivity index is 2.50. The lowest BCUT2D eigenvalue weighted by Gasteiger charge is -2.13. The zero-order valence-electron chi connectivity index (χ0n) is 15.4. The normalized spacial score (nSPS) is 12.9. The number of methoxy groups -OCH3 is 1. The number of allylic oxidation sites excluding steroid dienone is 1. The van der Waals surface area contributed by atoms with Crippen LogP contribution in [-0.2, 0) is 19.4 Å². The van der Waals surface area contributed by atoms with E-state index in [9.17, 15) is 26.4 Å². The van der Waals surface area contributed by atoms with Crippen LogP contribution < -0.4 is 5.32 Å². The Kier molecular flexibility index (Phi) is 7.36. The lowest BCUT2D eigenvalue weighted by atomic mass is 10.2. The van der Waals surface area contributed by atoms with Gasteiger partial charge in [-0.05, 0) is 39.6 Å². The third kappa shape index (κ3) is 5.86. The molecule has 2 aromatic rings. The second-order valence-corrected chi connectivity index (χ2v) is 9.28. The first kappa shape index (κ1) is 24.0. The van der Waals surface area contributed by atoms with Crippen LogP contribution in [0.25, 0.3) is 16.3 Å². The molecule has 0 saturated carbocycles. The quantitative estimate of drug-likeness (QED) is 0.420. The average molecular weight is 527 g/mol. The SMILES string of the molecule is COC(=O)CN/C(=C(/Br)C(=N)C(F)(F)F)c1nsc(-c2cccc(S(C)(=O)=O)c2)n1. The molecule has 0 fully saturated rings. The third-order valence-corrected chi connectivity index (χ3v) is 6.19. The molecule has 1 aromatic heterocycles. The van der Waals surface area contributed by atoms with Crippen molar-refractivity contribution in [1.29, 1.82) is 5.41 Å². The van der Waals surface area contributed by atoms with Gasteiger partial charge >= 0.3 is 12.1 Å². The monoisotopic (exact) mass is 526 g/mol. The van der Waals surface area contributed by atoms with Crippen molar-refractivity contribution in [2.75, 3.05) is 19.9 Å². The molecular weight excluding hydrogens is 513 g/mol. The molecule has 2 N–H and O–H groups in total. The van der Waals surface area contributed by atoms with E-state index in [0.717, 1.165) is 24.9 Å². The fourth-order valence-electron chi connectivity index (χ4n) is 2.04. The number of nitrogens with zero attached hydrogens (tertiary/aromatic N) is 2. The molecule has 0 spiro atoms. The van der Waals surface area contributed by atoms with Crippen LogP contribution in [0.4, 0.5) is 13.2 Å². The van der Waals surface area contributed by atoms with Crippen LogP contribution in [0.5, 0.6) is 0 Å². The number of sulfone groups is 1. The van der Waals surface area contributed by atoms with Gasteiger partial charge in [0.05, 0.1) is 22.2 Å². The van der Waals surface area contributed by atoms with Crippen LogP contribution in [0, 0.1) is 5.41 Å².